The van der Waals surface area contributed by atoms with Crippen molar-refractivity contribution in [2.45, 2.75) is 20.3 Å². The lowest BCUT2D eigenvalue weighted by atomic mass is 10.3. The first-order valence-corrected chi connectivity index (χ1v) is 4.16. The van der Waals surface area contributed by atoms with Crippen molar-refractivity contribution in [2.75, 3.05) is 14.2 Å². The van der Waals surface area contributed by atoms with Gasteiger partial charge in [0.05, 0.1) is 20.4 Å². The summed E-state index contributed by atoms with van der Waals surface area (Å²) < 4.78 is 9.94. The average molecular weight is 183 g/mol. The van der Waals surface area contributed by atoms with E-state index in [0.29, 0.717) is 11.5 Å². The van der Waals surface area contributed by atoms with Crippen LogP contribution in [0.1, 0.15) is 20.3 Å². The quantitative estimate of drug-likeness (QED) is 0.372. The third-order valence-corrected chi connectivity index (χ3v) is 1.65. The molecule has 0 atom stereocenters. The van der Waals surface area contributed by atoms with Gasteiger partial charge in [-0.05, 0) is 13.3 Å². The average Bonchev–Trinajstić information content (AvgIpc) is 2.17. The molecule has 0 saturated carbocycles. The molecule has 0 aromatic rings. The Bertz CT molecular complexity index is 229. The SMILES string of the molecule is C=C(OC)/C(=C\N=C(C)CC)OC. The molecular weight excluding hydrogens is 166 g/mol. The summed E-state index contributed by atoms with van der Waals surface area (Å²) >= 11 is 0. The minimum Gasteiger partial charge on any atom is -0.493 e. The zero-order valence-electron chi connectivity index (χ0n) is 8.76. The molecule has 0 unspecified atom stereocenters. The summed E-state index contributed by atoms with van der Waals surface area (Å²) in [5.74, 6) is 1.03. The van der Waals surface area contributed by atoms with Crippen LogP contribution in [0.3, 0.4) is 0 Å². The van der Waals surface area contributed by atoms with Gasteiger partial charge < -0.3 is 9.47 Å². The molecule has 74 valence electrons. The Hall–Kier alpha value is -1.25. The van der Waals surface area contributed by atoms with E-state index in [-0.39, 0.29) is 0 Å². The van der Waals surface area contributed by atoms with E-state index in [1.54, 1.807) is 20.4 Å². The lowest BCUT2D eigenvalue weighted by molar-refractivity contribution is 0.221. The number of hydrogen-bond donors (Lipinski definition) is 0. The van der Waals surface area contributed by atoms with E-state index in [2.05, 4.69) is 11.6 Å². The van der Waals surface area contributed by atoms with Gasteiger partial charge in [-0.1, -0.05) is 13.5 Å². The molecule has 0 aliphatic heterocycles. The van der Waals surface area contributed by atoms with Gasteiger partial charge in [0.1, 0.15) is 0 Å². The van der Waals surface area contributed by atoms with Crippen molar-refractivity contribution in [1.29, 1.82) is 0 Å². The second-order valence-electron chi connectivity index (χ2n) is 2.54. The first kappa shape index (κ1) is 11.8. The summed E-state index contributed by atoms with van der Waals surface area (Å²) in [4.78, 5) is 4.17. The second-order valence-corrected chi connectivity index (χ2v) is 2.54. The molecule has 0 fully saturated rings. The Kier molecular flexibility index (Phi) is 5.68. The normalized spacial score (nSPS) is 12.6. The van der Waals surface area contributed by atoms with E-state index in [1.807, 2.05) is 13.8 Å². The number of rotatable bonds is 5. The van der Waals surface area contributed by atoms with Crippen molar-refractivity contribution in [3.05, 3.63) is 24.3 Å². The van der Waals surface area contributed by atoms with E-state index < -0.39 is 0 Å². The predicted molar refractivity (Wildman–Crippen MR) is 54.6 cm³/mol. The predicted octanol–water partition coefficient (Wildman–Crippen LogP) is 2.51. The number of methoxy groups -OCH3 is 2. The summed E-state index contributed by atoms with van der Waals surface area (Å²) in [5, 5.41) is 0. The van der Waals surface area contributed by atoms with E-state index in [4.69, 9.17) is 9.47 Å². The van der Waals surface area contributed by atoms with E-state index in [0.717, 1.165) is 12.1 Å². The van der Waals surface area contributed by atoms with Gasteiger partial charge >= 0.3 is 0 Å². The fraction of sp³-hybridized carbons (Fsp3) is 0.500. The summed E-state index contributed by atoms with van der Waals surface area (Å²) in [6, 6.07) is 0. The van der Waals surface area contributed by atoms with Crippen molar-refractivity contribution < 1.29 is 9.47 Å². The maximum atomic E-state index is 5.03. The van der Waals surface area contributed by atoms with Crippen LogP contribution in [0.2, 0.25) is 0 Å². The molecule has 3 nitrogen and oxygen atoms in total. The van der Waals surface area contributed by atoms with Crippen LogP contribution in [0.15, 0.2) is 29.3 Å². The number of nitrogens with zero attached hydrogens (tertiary/aromatic N) is 1. The Balaban J connectivity index is 4.48. The highest BCUT2D eigenvalue weighted by Crippen LogP contribution is 2.08. The Morgan fingerprint density at radius 2 is 2.00 bits per heavy atom. The minimum absolute atomic E-state index is 0.482. The lowest BCUT2D eigenvalue weighted by Crippen LogP contribution is -1.94. The van der Waals surface area contributed by atoms with Crippen molar-refractivity contribution in [1.82, 2.24) is 0 Å². The van der Waals surface area contributed by atoms with E-state index in [9.17, 15) is 0 Å². The van der Waals surface area contributed by atoms with Gasteiger partial charge in [-0.15, -0.1) is 0 Å². The Labute approximate surface area is 79.8 Å². The van der Waals surface area contributed by atoms with Crippen LogP contribution in [0.5, 0.6) is 0 Å². The largest absolute Gasteiger partial charge is 0.493 e. The zero-order valence-corrected chi connectivity index (χ0v) is 8.76. The first-order valence-electron chi connectivity index (χ1n) is 4.16. The van der Waals surface area contributed by atoms with Gasteiger partial charge in [-0.2, -0.15) is 0 Å². The van der Waals surface area contributed by atoms with Gasteiger partial charge in [0.2, 0.25) is 0 Å². The van der Waals surface area contributed by atoms with Crippen LogP contribution in [0.4, 0.5) is 0 Å². The molecule has 0 aromatic heterocycles. The Morgan fingerprint density at radius 3 is 2.38 bits per heavy atom. The molecule has 0 aliphatic rings. The summed E-state index contributed by atoms with van der Waals surface area (Å²) in [6.07, 6.45) is 2.54. The standard InChI is InChI=1S/C10H17NO2/c1-6-8(2)11-7-10(13-5)9(3)12-4/h7H,3,6H2,1-2,4-5H3/b10-7+,11-8?. The number of ether oxygens (including phenoxy) is 2. The molecule has 0 radical (unpaired) electrons. The van der Waals surface area contributed by atoms with Crippen molar-refractivity contribution in [2.24, 2.45) is 4.99 Å². The second kappa shape index (κ2) is 6.29. The molecular formula is C10H17NO2. The summed E-state index contributed by atoms with van der Waals surface area (Å²) in [6.45, 7) is 7.67. The van der Waals surface area contributed by atoms with Crippen LogP contribution in [-0.2, 0) is 9.47 Å². The van der Waals surface area contributed by atoms with Crippen molar-refractivity contribution in [3.8, 4) is 0 Å². The van der Waals surface area contributed by atoms with Gasteiger partial charge in [-0.25, -0.2) is 0 Å². The number of aliphatic imine (C=N–C) groups is 1. The topological polar surface area (TPSA) is 30.8 Å². The van der Waals surface area contributed by atoms with Crippen LogP contribution in [0, 0.1) is 0 Å². The zero-order chi connectivity index (χ0) is 10.3. The molecule has 0 amide bonds. The molecule has 0 heterocycles. The highest BCUT2D eigenvalue weighted by atomic mass is 16.5. The molecule has 0 saturated heterocycles. The molecule has 0 aliphatic carbocycles. The van der Waals surface area contributed by atoms with Crippen LogP contribution >= 0.6 is 0 Å². The number of hydrogen-bond acceptors (Lipinski definition) is 3. The van der Waals surface area contributed by atoms with Crippen LogP contribution in [0.25, 0.3) is 0 Å². The molecule has 13 heavy (non-hydrogen) atoms. The van der Waals surface area contributed by atoms with Crippen LogP contribution < -0.4 is 0 Å². The molecule has 0 rings (SSSR count). The third-order valence-electron chi connectivity index (χ3n) is 1.65. The smallest absolute Gasteiger partial charge is 0.178 e. The maximum absolute atomic E-state index is 5.03. The molecule has 0 aromatic carbocycles. The molecule has 0 N–H and O–H groups in total. The van der Waals surface area contributed by atoms with Gasteiger partial charge in [0.15, 0.2) is 11.5 Å². The van der Waals surface area contributed by atoms with Gasteiger partial charge in [0.25, 0.3) is 0 Å². The third kappa shape index (κ3) is 4.35. The molecule has 0 spiro atoms. The highest BCUT2D eigenvalue weighted by Gasteiger charge is 2.00. The molecule has 3 heteroatoms. The van der Waals surface area contributed by atoms with Crippen molar-refractivity contribution in [3.63, 3.8) is 0 Å². The minimum atomic E-state index is 0.482. The summed E-state index contributed by atoms with van der Waals surface area (Å²) in [7, 11) is 3.11. The fourth-order valence-electron chi connectivity index (χ4n) is 0.599. The van der Waals surface area contributed by atoms with Crippen molar-refractivity contribution >= 4 is 5.71 Å². The lowest BCUT2D eigenvalue weighted by Gasteiger charge is -2.06. The summed E-state index contributed by atoms with van der Waals surface area (Å²) in [5.41, 5.74) is 1.04. The maximum Gasteiger partial charge on any atom is 0.178 e. The van der Waals surface area contributed by atoms with E-state index >= 15 is 0 Å². The molecule has 0 bridgehead atoms. The first-order chi connectivity index (χ1) is 6.15. The van der Waals surface area contributed by atoms with Gasteiger partial charge in [-0.3, -0.25) is 4.99 Å². The highest BCUT2D eigenvalue weighted by molar-refractivity contribution is 5.82. The van der Waals surface area contributed by atoms with Crippen LogP contribution in [-0.4, -0.2) is 19.9 Å². The fourth-order valence-corrected chi connectivity index (χ4v) is 0.599. The van der Waals surface area contributed by atoms with E-state index in [1.165, 1.54) is 0 Å². The Morgan fingerprint density at radius 1 is 1.38 bits per heavy atom. The monoisotopic (exact) mass is 183 g/mol. The van der Waals surface area contributed by atoms with Gasteiger partial charge in [0, 0.05) is 5.71 Å².